The van der Waals surface area contributed by atoms with Crippen LogP contribution < -0.4 is 5.32 Å². The molecule has 0 aromatic heterocycles. The van der Waals surface area contributed by atoms with Crippen molar-refractivity contribution in [3.63, 3.8) is 0 Å². The SMILES string of the molecule is CNC(C)c1cc(Cl)c(C)cc1Br. The molecule has 0 aliphatic rings. The second kappa shape index (κ2) is 4.45. The van der Waals surface area contributed by atoms with Crippen LogP contribution in [0.3, 0.4) is 0 Å². The van der Waals surface area contributed by atoms with Gasteiger partial charge in [-0.05, 0) is 44.2 Å². The highest BCUT2D eigenvalue weighted by atomic mass is 79.9. The highest BCUT2D eigenvalue weighted by Gasteiger charge is 2.09. The van der Waals surface area contributed by atoms with Gasteiger partial charge in [0, 0.05) is 15.5 Å². The second-order valence-electron chi connectivity index (χ2n) is 3.13. The van der Waals surface area contributed by atoms with Crippen molar-refractivity contribution >= 4 is 27.5 Å². The lowest BCUT2D eigenvalue weighted by molar-refractivity contribution is 0.649. The minimum absolute atomic E-state index is 0.312. The third-order valence-electron chi connectivity index (χ3n) is 2.18. The molecule has 1 atom stereocenters. The van der Waals surface area contributed by atoms with Gasteiger partial charge in [-0.2, -0.15) is 0 Å². The molecule has 3 heteroatoms. The maximum absolute atomic E-state index is 6.04. The van der Waals surface area contributed by atoms with E-state index in [1.807, 2.05) is 26.1 Å². The molecular weight excluding hydrogens is 249 g/mol. The normalized spacial score (nSPS) is 13.0. The molecule has 0 heterocycles. The average Bonchev–Trinajstić information content (AvgIpc) is 2.10. The molecule has 1 N–H and O–H groups in total. The zero-order chi connectivity index (χ0) is 10.0. The third kappa shape index (κ3) is 2.46. The lowest BCUT2D eigenvalue weighted by Crippen LogP contribution is -2.12. The van der Waals surface area contributed by atoms with Crippen molar-refractivity contribution in [1.82, 2.24) is 5.32 Å². The molecule has 13 heavy (non-hydrogen) atoms. The van der Waals surface area contributed by atoms with Crippen molar-refractivity contribution in [1.29, 1.82) is 0 Å². The Bertz CT molecular complexity index is 312. The van der Waals surface area contributed by atoms with E-state index < -0.39 is 0 Å². The van der Waals surface area contributed by atoms with E-state index in [-0.39, 0.29) is 0 Å². The summed E-state index contributed by atoms with van der Waals surface area (Å²) in [6, 6.07) is 4.36. The Morgan fingerprint density at radius 1 is 1.46 bits per heavy atom. The van der Waals surface area contributed by atoms with Crippen LogP contribution in [0.15, 0.2) is 16.6 Å². The Morgan fingerprint density at radius 2 is 2.08 bits per heavy atom. The van der Waals surface area contributed by atoms with Crippen molar-refractivity contribution in [3.05, 3.63) is 32.8 Å². The molecule has 1 aromatic carbocycles. The number of rotatable bonds is 2. The molecule has 72 valence electrons. The van der Waals surface area contributed by atoms with Gasteiger partial charge < -0.3 is 5.32 Å². The molecule has 1 rings (SSSR count). The molecule has 0 saturated heterocycles. The van der Waals surface area contributed by atoms with E-state index in [2.05, 4.69) is 28.2 Å². The number of hydrogen-bond acceptors (Lipinski definition) is 1. The molecule has 0 radical (unpaired) electrons. The van der Waals surface area contributed by atoms with Gasteiger partial charge >= 0.3 is 0 Å². The zero-order valence-corrected chi connectivity index (χ0v) is 10.3. The Morgan fingerprint density at radius 3 is 2.62 bits per heavy atom. The first kappa shape index (κ1) is 11.0. The molecule has 0 aliphatic heterocycles. The van der Waals surface area contributed by atoms with Crippen molar-refractivity contribution in [2.24, 2.45) is 0 Å². The van der Waals surface area contributed by atoms with Gasteiger partial charge in [-0.15, -0.1) is 0 Å². The molecule has 0 fully saturated rings. The van der Waals surface area contributed by atoms with Crippen molar-refractivity contribution < 1.29 is 0 Å². The van der Waals surface area contributed by atoms with E-state index in [9.17, 15) is 0 Å². The van der Waals surface area contributed by atoms with E-state index in [1.165, 1.54) is 5.56 Å². The Balaban J connectivity index is 3.15. The van der Waals surface area contributed by atoms with Crippen LogP contribution in [0.4, 0.5) is 0 Å². The molecule has 0 amide bonds. The number of halogens is 2. The minimum Gasteiger partial charge on any atom is -0.313 e. The Labute approximate surface area is 92.6 Å². The quantitative estimate of drug-likeness (QED) is 0.857. The third-order valence-corrected chi connectivity index (χ3v) is 3.27. The van der Waals surface area contributed by atoms with Crippen LogP contribution in [0.25, 0.3) is 0 Å². The monoisotopic (exact) mass is 261 g/mol. The zero-order valence-electron chi connectivity index (χ0n) is 7.99. The van der Waals surface area contributed by atoms with E-state index in [0.29, 0.717) is 6.04 Å². The van der Waals surface area contributed by atoms with Crippen LogP contribution in [0.1, 0.15) is 24.1 Å². The number of hydrogen-bond donors (Lipinski definition) is 1. The van der Waals surface area contributed by atoms with Crippen molar-refractivity contribution in [2.45, 2.75) is 19.9 Å². The van der Waals surface area contributed by atoms with Gasteiger partial charge in [0.2, 0.25) is 0 Å². The molecule has 1 unspecified atom stereocenters. The highest BCUT2D eigenvalue weighted by Crippen LogP contribution is 2.28. The van der Waals surface area contributed by atoms with Crippen LogP contribution >= 0.6 is 27.5 Å². The van der Waals surface area contributed by atoms with E-state index in [4.69, 9.17) is 11.6 Å². The van der Waals surface area contributed by atoms with E-state index in [1.54, 1.807) is 0 Å². The Hall–Kier alpha value is -0.0500. The lowest BCUT2D eigenvalue weighted by Gasteiger charge is -2.14. The summed E-state index contributed by atoms with van der Waals surface area (Å²) < 4.78 is 1.11. The summed E-state index contributed by atoms with van der Waals surface area (Å²) >= 11 is 9.56. The molecule has 1 aromatic rings. The molecule has 0 saturated carbocycles. The van der Waals surface area contributed by atoms with E-state index >= 15 is 0 Å². The fraction of sp³-hybridized carbons (Fsp3) is 0.400. The first-order chi connectivity index (χ1) is 6.06. The van der Waals surface area contributed by atoms with Crippen LogP contribution in [-0.4, -0.2) is 7.05 Å². The van der Waals surface area contributed by atoms with Crippen molar-refractivity contribution in [2.75, 3.05) is 7.05 Å². The summed E-state index contributed by atoms with van der Waals surface area (Å²) in [6.07, 6.45) is 0. The summed E-state index contributed by atoms with van der Waals surface area (Å²) in [6.45, 7) is 4.10. The van der Waals surface area contributed by atoms with Crippen LogP contribution in [0.2, 0.25) is 5.02 Å². The number of aryl methyl sites for hydroxylation is 1. The molecule has 0 spiro atoms. The van der Waals surface area contributed by atoms with Crippen LogP contribution in [-0.2, 0) is 0 Å². The summed E-state index contributed by atoms with van der Waals surface area (Å²) in [5.74, 6) is 0. The first-order valence-electron chi connectivity index (χ1n) is 4.19. The maximum atomic E-state index is 6.04. The Kier molecular flexibility index (Phi) is 3.77. The number of nitrogens with one attached hydrogen (secondary N) is 1. The van der Waals surface area contributed by atoms with Gasteiger partial charge in [0.05, 0.1) is 0 Å². The predicted octanol–water partition coefficient (Wildman–Crippen LogP) is 3.69. The summed E-state index contributed by atoms with van der Waals surface area (Å²) in [5.41, 5.74) is 2.29. The highest BCUT2D eigenvalue weighted by molar-refractivity contribution is 9.10. The van der Waals surface area contributed by atoms with Gasteiger partial charge in [-0.25, -0.2) is 0 Å². The maximum Gasteiger partial charge on any atom is 0.0439 e. The van der Waals surface area contributed by atoms with E-state index in [0.717, 1.165) is 15.1 Å². The molecule has 1 nitrogen and oxygen atoms in total. The van der Waals surface area contributed by atoms with Crippen molar-refractivity contribution in [3.8, 4) is 0 Å². The standard InChI is InChI=1S/C10H13BrClN/c1-6-4-9(11)8(5-10(6)12)7(2)13-3/h4-5,7,13H,1-3H3. The van der Waals surface area contributed by atoms with Gasteiger partial charge in [0.25, 0.3) is 0 Å². The second-order valence-corrected chi connectivity index (χ2v) is 4.39. The van der Waals surface area contributed by atoms with Crippen LogP contribution in [0, 0.1) is 6.92 Å². The minimum atomic E-state index is 0.312. The lowest BCUT2D eigenvalue weighted by atomic mass is 10.1. The summed E-state index contributed by atoms with van der Waals surface area (Å²) in [5, 5.41) is 4.00. The first-order valence-corrected chi connectivity index (χ1v) is 5.36. The van der Waals surface area contributed by atoms with Gasteiger partial charge in [0.1, 0.15) is 0 Å². The number of benzene rings is 1. The largest absolute Gasteiger partial charge is 0.313 e. The van der Waals surface area contributed by atoms with Gasteiger partial charge in [-0.1, -0.05) is 27.5 Å². The van der Waals surface area contributed by atoms with Crippen LogP contribution in [0.5, 0.6) is 0 Å². The topological polar surface area (TPSA) is 12.0 Å². The molecular formula is C10H13BrClN. The fourth-order valence-corrected chi connectivity index (χ4v) is 2.12. The summed E-state index contributed by atoms with van der Waals surface area (Å²) in [7, 11) is 1.94. The predicted molar refractivity (Wildman–Crippen MR) is 61.4 cm³/mol. The molecule has 0 bridgehead atoms. The average molecular weight is 263 g/mol. The molecule has 0 aliphatic carbocycles. The van der Waals surface area contributed by atoms with Gasteiger partial charge in [-0.3, -0.25) is 0 Å². The smallest absolute Gasteiger partial charge is 0.0439 e. The summed E-state index contributed by atoms with van der Waals surface area (Å²) in [4.78, 5) is 0. The fourth-order valence-electron chi connectivity index (χ4n) is 1.15. The van der Waals surface area contributed by atoms with Gasteiger partial charge in [0.15, 0.2) is 0 Å².